The monoisotopic (exact) mass is 475 g/mol. The predicted octanol–water partition coefficient (Wildman–Crippen LogP) is 6.43. The number of ether oxygens (including phenoxy) is 2. The molecular weight excluding hydrogens is 449 g/mol. The Morgan fingerprint density at radius 1 is 1.22 bits per heavy atom. The van der Waals surface area contributed by atoms with Gasteiger partial charge >= 0.3 is 6.09 Å². The summed E-state index contributed by atoms with van der Waals surface area (Å²) in [5.74, 6) is 0.805. The minimum atomic E-state index is -0.508. The molecule has 32 heavy (non-hydrogen) atoms. The van der Waals surface area contributed by atoms with Crippen LogP contribution < -0.4 is 4.74 Å². The van der Waals surface area contributed by atoms with E-state index >= 15 is 0 Å². The second-order valence-electron chi connectivity index (χ2n) is 9.05. The molecule has 0 bridgehead atoms. The van der Waals surface area contributed by atoms with Crippen molar-refractivity contribution in [3.8, 4) is 16.9 Å². The maximum atomic E-state index is 12.5. The van der Waals surface area contributed by atoms with Gasteiger partial charge in [-0.25, -0.2) is 9.78 Å². The molecule has 1 unspecified atom stereocenters. The Hall–Kier alpha value is -2.44. The van der Waals surface area contributed by atoms with E-state index in [1.54, 1.807) is 24.1 Å². The summed E-state index contributed by atoms with van der Waals surface area (Å²) in [4.78, 5) is 19.2. The van der Waals surface area contributed by atoms with Gasteiger partial charge in [0.15, 0.2) is 0 Å². The van der Waals surface area contributed by atoms with E-state index in [0.717, 1.165) is 35.3 Å². The number of methoxy groups -OCH3 is 1. The molecule has 1 aliphatic heterocycles. The van der Waals surface area contributed by atoms with Crippen LogP contribution in [0.25, 0.3) is 16.8 Å². The van der Waals surface area contributed by atoms with E-state index in [0.29, 0.717) is 28.9 Å². The van der Waals surface area contributed by atoms with Gasteiger partial charge in [0.1, 0.15) is 17.0 Å². The van der Waals surface area contributed by atoms with E-state index in [1.807, 2.05) is 49.7 Å². The van der Waals surface area contributed by atoms with Gasteiger partial charge in [0.25, 0.3) is 0 Å². The number of carbonyl (C=O) groups is 1. The zero-order chi connectivity index (χ0) is 23.0. The number of carbonyl (C=O) groups excluding carboxylic acids is 1. The number of fused-ring (bicyclic) bond motifs is 1. The van der Waals surface area contributed by atoms with Gasteiger partial charge in [-0.05, 0) is 63.4 Å². The molecule has 0 N–H and O–H groups in total. The Labute approximate surface area is 198 Å². The van der Waals surface area contributed by atoms with Crippen molar-refractivity contribution in [2.45, 2.75) is 45.1 Å². The van der Waals surface area contributed by atoms with Crippen LogP contribution in [0, 0.1) is 0 Å². The minimum absolute atomic E-state index is 0.156. The Morgan fingerprint density at radius 2 is 2.00 bits per heavy atom. The first-order chi connectivity index (χ1) is 15.2. The summed E-state index contributed by atoms with van der Waals surface area (Å²) in [6.07, 6.45) is 5.60. The molecule has 0 saturated carbocycles. The number of hydrogen-bond donors (Lipinski definition) is 0. The molecule has 4 rings (SSSR count). The van der Waals surface area contributed by atoms with Gasteiger partial charge in [0.2, 0.25) is 0 Å². The van der Waals surface area contributed by atoms with Crippen LogP contribution in [0.1, 0.15) is 45.2 Å². The molecule has 1 atom stereocenters. The molecule has 1 fully saturated rings. The first kappa shape index (κ1) is 22.7. The number of rotatable bonds is 3. The van der Waals surface area contributed by atoms with Crippen molar-refractivity contribution in [1.82, 2.24) is 14.3 Å². The number of aromatic nitrogens is 2. The standard InChI is InChI=1S/C24H27Cl2N3O3/c1-24(2,3)32-23(30)29-10-5-6-16(13-29)18-14-28-11-9-15(12-20(28)27-18)21-19(31-4)8-7-17(25)22(21)26/h7-9,11-12,14,16H,5-6,10,13H2,1-4H3. The molecule has 170 valence electrons. The molecular formula is C24H27Cl2N3O3. The van der Waals surface area contributed by atoms with E-state index in [-0.39, 0.29) is 12.0 Å². The molecule has 2 aromatic heterocycles. The van der Waals surface area contributed by atoms with Crippen molar-refractivity contribution in [1.29, 1.82) is 0 Å². The molecule has 3 heterocycles. The normalized spacial score (nSPS) is 16.9. The number of imidazole rings is 1. The molecule has 1 saturated heterocycles. The highest BCUT2D eigenvalue weighted by Gasteiger charge is 2.29. The summed E-state index contributed by atoms with van der Waals surface area (Å²) in [5, 5.41) is 0.915. The van der Waals surface area contributed by atoms with Gasteiger partial charge < -0.3 is 18.8 Å². The van der Waals surface area contributed by atoms with Crippen molar-refractivity contribution in [2.24, 2.45) is 0 Å². The number of pyridine rings is 1. The Balaban J connectivity index is 1.62. The van der Waals surface area contributed by atoms with E-state index in [4.69, 9.17) is 37.7 Å². The van der Waals surface area contributed by atoms with E-state index in [2.05, 4.69) is 0 Å². The molecule has 0 spiro atoms. The lowest BCUT2D eigenvalue weighted by molar-refractivity contribution is 0.0197. The lowest BCUT2D eigenvalue weighted by Crippen LogP contribution is -2.42. The van der Waals surface area contributed by atoms with Crippen LogP contribution >= 0.6 is 23.2 Å². The highest BCUT2D eigenvalue weighted by atomic mass is 35.5. The fourth-order valence-corrected chi connectivity index (χ4v) is 4.46. The number of amides is 1. The van der Waals surface area contributed by atoms with Crippen molar-refractivity contribution in [3.05, 3.63) is 52.4 Å². The molecule has 8 heteroatoms. The Morgan fingerprint density at radius 3 is 2.72 bits per heavy atom. The maximum absolute atomic E-state index is 12.5. The van der Waals surface area contributed by atoms with Gasteiger partial charge in [-0.3, -0.25) is 0 Å². The fourth-order valence-electron chi connectivity index (χ4n) is 4.04. The second kappa shape index (κ2) is 8.83. The van der Waals surface area contributed by atoms with Gasteiger partial charge in [-0.1, -0.05) is 23.2 Å². The first-order valence-corrected chi connectivity index (χ1v) is 11.4. The zero-order valence-corrected chi connectivity index (χ0v) is 20.2. The van der Waals surface area contributed by atoms with Gasteiger partial charge in [-0.15, -0.1) is 0 Å². The molecule has 3 aromatic rings. The van der Waals surface area contributed by atoms with E-state index in [1.165, 1.54) is 0 Å². The van der Waals surface area contributed by atoms with E-state index < -0.39 is 5.60 Å². The average Bonchev–Trinajstić information content (AvgIpc) is 3.18. The quantitative estimate of drug-likeness (QED) is 0.437. The average molecular weight is 476 g/mol. The largest absolute Gasteiger partial charge is 0.496 e. The fraction of sp³-hybridized carbons (Fsp3) is 0.417. The number of nitrogens with zero attached hydrogens (tertiary/aromatic N) is 3. The maximum Gasteiger partial charge on any atom is 0.410 e. The van der Waals surface area contributed by atoms with Crippen LogP contribution in [0.2, 0.25) is 10.0 Å². The van der Waals surface area contributed by atoms with Crippen molar-refractivity contribution in [2.75, 3.05) is 20.2 Å². The van der Waals surface area contributed by atoms with Gasteiger partial charge in [-0.2, -0.15) is 0 Å². The summed E-state index contributed by atoms with van der Waals surface area (Å²) in [6.45, 7) is 6.95. The van der Waals surface area contributed by atoms with Crippen LogP contribution in [-0.4, -0.2) is 46.2 Å². The lowest BCUT2D eigenvalue weighted by Gasteiger charge is -2.33. The van der Waals surface area contributed by atoms with Crippen LogP contribution in [0.3, 0.4) is 0 Å². The van der Waals surface area contributed by atoms with Crippen molar-refractivity contribution in [3.63, 3.8) is 0 Å². The third-order valence-electron chi connectivity index (χ3n) is 5.54. The molecule has 1 aromatic carbocycles. The second-order valence-corrected chi connectivity index (χ2v) is 9.84. The van der Waals surface area contributed by atoms with Crippen molar-refractivity contribution < 1.29 is 14.3 Å². The Bertz CT molecular complexity index is 1150. The van der Waals surface area contributed by atoms with Gasteiger partial charge in [0.05, 0.1) is 22.8 Å². The molecule has 0 radical (unpaired) electrons. The predicted molar refractivity (Wildman–Crippen MR) is 127 cm³/mol. The summed E-state index contributed by atoms with van der Waals surface area (Å²) >= 11 is 12.7. The molecule has 6 nitrogen and oxygen atoms in total. The molecule has 0 aliphatic carbocycles. The van der Waals surface area contributed by atoms with Crippen LogP contribution in [0.5, 0.6) is 5.75 Å². The molecule has 1 amide bonds. The summed E-state index contributed by atoms with van der Waals surface area (Å²) < 4.78 is 13.0. The number of piperidine rings is 1. The third-order valence-corrected chi connectivity index (χ3v) is 6.34. The lowest BCUT2D eigenvalue weighted by atomic mass is 9.95. The summed E-state index contributed by atoms with van der Waals surface area (Å²) in [5.41, 5.74) is 2.86. The SMILES string of the molecule is COc1ccc(Cl)c(Cl)c1-c1ccn2cc(C3CCCN(C(=O)OC(C)(C)C)C3)nc2c1. The number of likely N-dealkylation sites (tertiary alicyclic amines) is 1. The first-order valence-electron chi connectivity index (χ1n) is 10.6. The van der Waals surface area contributed by atoms with Gasteiger partial charge in [0, 0.05) is 37.0 Å². The highest BCUT2D eigenvalue weighted by Crippen LogP contribution is 2.41. The van der Waals surface area contributed by atoms with Crippen LogP contribution in [-0.2, 0) is 4.74 Å². The number of benzene rings is 1. The summed E-state index contributed by atoms with van der Waals surface area (Å²) in [7, 11) is 1.61. The molecule has 1 aliphatic rings. The van der Waals surface area contributed by atoms with Crippen LogP contribution in [0.15, 0.2) is 36.7 Å². The smallest absolute Gasteiger partial charge is 0.410 e. The minimum Gasteiger partial charge on any atom is -0.496 e. The highest BCUT2D eigenvalue weighted by molar-refractivity contribution is 6.44. The van der Waals surface area contributed by atoms with E-state index in [9.17, 15) is 4.79 Å². The Kier molecular flexibility index (Phi) is 6.28. The topological polar surface area (TPSA) is 56.1 Å². The van der Waals surface area contributed by atoms with Crippen LogP contribution in [0.4, 0.5) is 4.79 Å². The van der Waals surface area contributed by atoms with Crippen molar-refractivity contribution >= 4 is 34.9 Å². The summed E-state index contributed by atoms with van der Waals surface area (Å²) in [6, 6.07) is 7.46. The third kappa shape index (κ3) is 4.66. The zero-order valence-electron chi connectivity index (χ0n) is 18.7. The number of hydrogen-bond acceptors (Lipinski definition) is 4. The number of halogens is 2.